The van der Waals surface area contributed by atoms with Crippen LogP contribution in [-0.2, 0) is 17.8 Å². The molecular weight excluding hydrogens is 423 g/mol. The lowest BCUT2D eigenvalue weighted by molar-refractivity contribution is -0.131. The summed E-state index contributed by atoms with van der Waals surface area (Å²) in [6.45, 7) is 4.95. The zero-order valence-corrected chi connectivity index (χ0v) is 18.7. The van der Waals surface area contributed by atoms with Gasteiger partial charge in [-0.2, -0.15) is 0 Å². The minimum absolute atomic E-state index is 0.00982. The molecule has 2 aliphatic heterocycles. The molecule has 5 rings (SSSR count). The second-order valence-electron chi connectivity index (χ2n) is 8.62. The van der Waals surface area contributed by atoms with Gasteiger partial charge in [-0.05, 0) is 42.5 Å². The minimum atomic E-state index is -0.368. The Morgan fingerprint density at radius 3 is 2.73 bits per heavy atom. The normalized spacial score (nSPS) is 16.1. The number of nitrogens with one attached hydrogen (secondary N) is 1. The number of carbonyl (C=O) groups is 2. The fraction of sp³-hybridized carbons (Fsp3) is 0.417. The summed E-state index contributed by atoms with van der Waals surface area (Å²) >= 11 is 0. The van der Waals surface area contributed by atoms with Gasteiger partial charge in [-0.15, -0.1) is 5.10 Å². The molecule has 0 unspecified atom stereocenters. The first-order valence-corrected chi connectivity index (χ1v) is 11.5. The SMILES string of the molecule is CCc1cc(C2=CCCN(C(=O)CCn3ccnn3)C2)c(F)c2[nH]c(C(=O)N3CCC3)cc12. The molecule has 1 N–H and O–H groups in total. The number of hydrogen-bond donors (Lipinski definition) is 1. The Morgan fingerprint density at radius 1 is 1.18 bits per heavy atom. The van der Waals surface area contributed by atoms with Crippen LogP contribution in [0.25, 0.3) is 16.5 Å². The molecule has 2 amide bonds. The minimum Gasteiger partial charge on any atom is -0.348 e. The van der Waals surface area contributed by atoms with Crippen molar-refractivity contribution in [1.29, 1.82) is 0 Å². The van der Waals surface area contributed by atoms with Crippen LogP contribution in [0.4, 0.5) is 4.39 Å². The topological polar surface area (TPSA) is 87.1 Å². The number of hydrogen-bond acceptors (Lipinski definition) is 4. The standard InChI is InChI=1S/C24H27FN6O2/c1-2-16-13-18(22(25)23-19(16)14-20(27-23)24(33)29-9-4-10-29)17-5-3-8-30(15-17)21(32)6-11-31-12-7-26-28-31/h5,7,12-14,27H,2-4,6,8-11,15H2,1H3. The second kappa shape index (κ2) is 8.80. The van der Waals surface area contributed by atoms with E-state index in [4.69, 9.17) is 0 Å². The molecule has 0 aliphatic carbocycles. The number of aromatic amines is 1. The molecule has 8 nitrogen and oxygen atoms in total. The summed E-state index contributed by atoms with van der Waals surface area (Å²) in [5, 5.41) is 8.40. The summed E-state index contributed by atoms with van der Waals surface area (Å²) in [5.41, 5.74) is 3.07. The predicted octanol–water partition coefficient (Wildman–Crippen LogP) is 3.01. The largest absolute Gasteiger partial charge is 0.348 e. The summed E-state index contributed by atoms with van der Waals surface area (Å²) in [5.74, 6) is -0.440. The first kappa shape index (κ1) is 21.4. The Bertz CT molecular complexity index is 1230. The van der Waals surface area contributed by atoms with Crippen LogP contribution in [0.2, 0.25) is 0 Å². The van der Waals surface area contributed by atoms with Crippen LogP contribution in [0.1, 0.15) is 47.8 Å². The van der Waals surface area contributed by atoms with Gasteiger partial charge in [-0.1, -0.05) is 18.2 Å². The summed E-state index contributed by atoms with van der Waals surface area (Å²) < 4.78 is 17.3. The van der Waals surface area contributed by atoms with Crippen molar-refractivity contribution in [1.82, 2.24) is 29.8 Å². The van der Waals surface area contributed by atoms with E-state index in [9.17, 15) is 9.59 Å². The number of fused-ring (bicyclic) bond motifs is 1. The Hall–Kier alpha value is -3.49. The van der Waals surface area contributed by atoms with Crippen molar-refractivity contribution in [2.45, 2.75) is 39.2 Å². The van der Waals surface area contributed by atoms with Crippen LogP contribution in [0.15, 0.2) is 30.6 Å². The van der Waals surface area contributed by atoms with Gasteiger partial charge in [0.15, 0.2) is 5.82 Å². The first-order valence-electron chi connectivity index (χ1n) is 11.5. The maximum atomic E-state index is 15.7. The number of H-pyrrole nitrogens is 1. The van der Waals surface area contributed by atoms with Gasteiger partial charge in [0, 0.05) is 49.7 Å². The van der Waals surface area contributed by atoms with Crippen molar-refractivity contribution in [2.24, 2.45) is 0 Å². The van der Waals surface area contributed by atoms with E-state index >= 15 is 4.39 Å². The number of aryl methyl sites for hydroxylation is 2. The molecule has 3 aromatic rings. The molecule has 0 bridgehead atoms. The molecule has 1 fully saturated rings. The number of benzene rings is 1. The highest BCUT2D eigenvalue weighted by molar-refractivity contribution is 6.00. The van der Waals surface area contributed by atoms with Crippen LogP contribution >= 0.6 is 0 Å². The van der Waals surface area contributed by atoms with E-state index in [1.807, 2.05) is 19.1 Å². The van der Waals surface area contributed by atoms with Crippen LogP contribution in [0, 0.1) is 5.82 Å². The van der Waals surface area contributed by atoms with Crippen molar-refractivity contribution in [3.05, 3.63) is 53.2 Å². The predicted molar refractivity (Wildman–Crippen MR) is 122 cm³/mol. The van der Waals surface area contributed by atoms with Gasteiger partial charge in [0.2, 0.25) is 5.91 Å². The fourth-order valence-electron chi connectivity index (χ4n) is 4.53. The highest BCUT2D eigenvalue weighted by Gasteiger charge is 2.26. The van der Waals surface area contributed by atoms with Crippen LogP contribution in [0.3, 0.4) is 0 Å². The second-order valence-corrected chi connectivity index (χ2v) is 8.62. The van der Waals surface area contributed by atoms with Crippen LogP contribution in [-0.4, -0.2) is 67.8 Å². The molecule has 0 radical (unpaired) electrons. The molecule has 2 aromatic heterocycles. The Kier molecular flexibility index (Phi) is 5.70. The van der Waals surface area contributed by atoms with E-state index in [0.29, 0.717) is 55.7 Å². The molecule has 2 aliphatic rings. The van der Waals surface area contributed by atoms with E-state index in [2.05, 4.69) is 15.3 Å². The van der Waals surface area contributed by atoms with Gasteiger partial charge >= 0.3 is 0 Å². The summed E-state index contributed by atoms with van der Waals surface area (Å²) in [6.07, 6.45) is 8.03. The quantitative estimate of drug-likeness (QED) is 0.626. The molecule has 1 aromatic carbocycles. The zero-order chi connectivity index (χ0) is 22.9. The van der Waals surface area contributed by atoms with Gasteiger partial charge in [-0.3, -0.25) is 14.3 Å². The Balaban J connectivity index is 1.40. The number of rotatable bonds is 6. The molecule has 0 saturated carbocycles. The van der Waals surface area contributed by atoms with E-state index in [0.717, 1.165) is 36.0 Å². The molecule has 4 heterocycles. The fourth-order valence-corrected chi connectivity index (χ4v) is 4.53. The van der Waals surface area contributed by atoms with E-state index < -0.39 is 0 Å². The Labute approximate surface area is 191 Å². The van der Waals surface area contributed by atoms with Gasteiger partial charge in [0.25, 0.3) is 5.91 Å². The highest BCUT2D eigenvalue weighted by Crippen LogP contribution is 2.32. The number of aromatic nitrogens is 4. The average Bonchev–Trinajstić information content (AvgIpc) is 3.47. The lowest BCUT2D eigenvalue weighted by Crippen LogP contribution is -2.42. The summed E-state index contributed by atoms with van der Waals surface area (Å²) in [6, 6.07) is 3.65. The third-order valence-electron chi connectivity index (χ3n) is 6.57. The number of nitrogens with zero attached hydrogens (tertiary/aromatic N) is 5. The molecular formula is C24H27FN6O2. The van der Waals surface area contributed by atoms with E-state index in [1.165, 1.54) is 0 Å². The van der Waals surface area contributed by atoms with Crippen molar-refractivity contribution in [3.63, 3.8) is 0 Å². The molecule has 1 saturated heterocycles. The van der Waals surface area contributed by atoms with E-state index in [-0.39, 0.29) is 17.6 Å². The van der Waals surface area contributed by atoms with E-state index in [1.54, 1.807) is 32.9 Å². The van der Waals surface area contributed by atoms with Crippen molar-refractivity contribution in [2.75, 3.05) is 26.2 Å². The van der Waals surface area contributed by atoms with Crippen molar-refractivity contribution < 1.29 is 14.0 Å². The molecule has 9 heteroatoms. The number of amides is 2. The lowest BCUT2D eigenvalue weighted by atomic mass is 9.95. The Morgan fingerprint density at radius 2 is 2.03 bits per heavy atom. The van der Waals surface area contributed by atoms with Crippen molar-refractivity contribution in [3.8, 4) is 0 Å². The third-order valence-corrected chi connectivity index (χ3v) is 6.57. The third kappa shape index (κ3) is 4.03. The van der Waals surface area contributed by atoms with Crippen LogP contribution < -0.4 is 0 Å². The number of likely N-dealkylation sites (tertiary alicyclic amines) is 1. The zero-order valence-electron chi connectivity index (χ0n) is 18.7. The van der Waals surface area contributed by atoms with Crippen molar-refractivity contribution >= 4 is 28.3 Å². The molecule has 0 spiro atoms. The maximum Gasteiger partial charge on any atom is 0.270 e. The van der Waals surface area contributed by atoms with Crippen LogP contribution in [0.5, 0.6) is 0 Å². The molecule has 33 heavy (non-hydrogen) atoms. The smallest absolute Gasteiger partial charge is 0.270 e. The highest BCUT2D eigenvalue weighted by atomic mass is 19.1. The lowest BCUT2D eigenvalue weighted by Gasteiger charge is -2.30. The first-order chi connectivity index (χ1) is 16.0. The van der Waals surface area contributed by atoms with Gasteiger partial charge in [0.05, 0.1) is 18.3 Å². The summed E-state index contributed by atoms with van der Waals surface area (Å²) in [4.78, 5) is 32.0. The van der Waals surface area contributed by atoms with Gasteiger partial charge < -0.3 is 14.8 Å². The maximum absolute atomic E-state index is 15.7. The average molecular weight is 451 g/mol. The number of carbonyl (C=O) groups excluding carboxylic acids is 2. The van der Waals surface area contributed by atoms with Gasteiger partial charge in [0.1, 0.15) is 5.69 Å². The molecule has 172 valence electrons. The summed E-state index contributed by atoms with van der Waals surface area (Å²) in [7, 11) is 0. The monoisotopic (exact) mass is 450 g/mol. The molecule has 0 atom stereocenters. The number of halogens is 1. The van der Waals surface area contributed by atoms with Gasteiger partial charge in [-0.25, -0.2) is 4.39 Å².